The maximum atomic E-state index is 13.3. The van der Waals surface area contributed by atoms with E-state index in [0.717, 1.165) is 0 Å². The van der Waals surface area contributed by atoms with E-state index in [-0.39, 0.29) is 17.3 Å². The summed E-state index contributed by atoms with van der Waals surface area (Å²) in [6, 6.07) is 11.9. The number of nitrogens with one attached hydrogen (secondary N) is 1. The molecular formula is C20H23FN2O4S. The van der Waals surface area contributed by atoms with Gasteiger partial charge in [-0.25, -0.2) is 12.8 Å². The molecule has 1 aliphatic heterocycles. The Balaban J connectivity index is 1.70. The summed E-state index contributed by atoms with van der Waals surface area (Å²) in [5, 5.41) is 2.67. The quantitative estimate of drug-likeness (QED) is 0.799. The molecule has 2 aromatic rings. The molecule has 0 saturated carbocycles. The van der Waals surface area contributed by atoms with Gasteiger partial charge in [0.25, 0.3) is 0 Å². The van der Waals surface area contributed by atoms with E-state index in [1.807, 2.05) is 6.92 Å². The van der Waals surface area contributed by atoms with E-state index in [2.05, 4.69) is 5.32 Å². The number of piperidine rings is 1. The first-order valence-electron chi connectivity index (χ1n) is 9.19. The lowest BCUT2D eigenvalue weighted by Gasteiger charge is -2.31. The van der Waals surface area contributed by atoms with Crippen LogP contribution in [0.2, 0.25) is 0 Å². The Morgan fingerprint density at radius 3 is 2.68 bits per heavy atom. The van der Waals surface area contributed by atoms with Crippen LogP contribution in [0.25, 0.3) is 0 Å². The molecule has 1 saturated heterocycles. The number of carbonyl (C=O) groups excluding carboxylic acids is 1. The van der Waals surface area contributed by atoms with E-state index in [0.29, 0.717) is 37.4 Å². The van der Waals surface area contributed by atoms with E-state index < -0.39 is 21.8 Å². The fourth-order valence-corrected chi connectivity index (χ4v) is 4.73. The summed E-state index contributed by atoms with van der Waals surface area (Å²) >= 11 is 0. The molecule has 0 aliphatic carbocycles. The second-order valence-corrected chi connectivity index (χ2v) is 8.54. The molecule has 1 atom stereocenters. The van der Waals surface area contributed by atoms with E-state index in [1.54, 1.807) is 18.2 Å². The van der Waals surface area contributed by atoms with Crippen molar-refractivity contribution in [3.8, 4) is 5.75 Å². The molecule has 0 bridgehead atoms. The third-order valence-corrected chi connectivity index (χ3v) is 6.50. The lowest BCUT2D eigenvalue weighted by atomic mass is 9.99. The van der Waals surface area contributed by atoms with E-state index in [4.69, 9.17) is 4.74 Å². The second-order valence-electron chi connectivity index (χ2n) is 6.61. The molecule has 1 N–H and O–H groups in total. The fraction of sp³-hybridized carbons (Fsp3) is 0.350. The zero-order chi connectivity index (χ0) is 20.1. The SMILES string of the molecule is CCOc1ccc(S(=O)(=O)N2CCC[C@H](C(=O)Nc3cccc(F)c3)C2)cc1. The minimum absolute atomic E-state index is 0.0939. The number of sulfonamides is 1. The second kappa shape index (κ2) is 8.70. The number of benzene rings is 2. The average Bonchev–Trinajstić information content (AvgIpc) is 2.69. The largest absolute Gasteiger partial charge is 0.494 e. The van der Waals surface area contributed by atoms with Gasteiger partial charge in [-0.3, -0.25) is 4.79 Å². The predicted molar refractivity (Wildman–Crippen MR) is 104 cm³/mol. The Bertz CT molecular complexity index is 931. The van der Waals surface area contributed by atoms with Crippen molar-refractivity contribution in [3.05, 3.63) is 54.3 Å². The van der Waals surface area contributed by atoms with Crippen LogP contribution in [0.15, 0.2) is 53.4 Å². The van der Waals surface area contributed by atoms with Gasteiger partial charge in [0.05, 0.1) is 17.4 Å². The van der Waals surface area contributed by atoms with E-state index in [1.165, 1.54) is 34.6 Å². The summed E-state index contributed by atoms with van der Waals surface area (Å²) in [6.45, 7) is 2.81. The van der Waals surface area contributed by atoms with Crippen molar-refractivity contribution >= 4 is 21.6 Å². The van der Waals surface area contributed by atoms with Crippen LogP contribution in [-0.2, 0) is 14.8 Å². The van der Waals surface area contributed by atoms with Crippen LogP contribution in [0.3, 0.4) is 0 Å². The summed E-state index contributed by atoms with van der Waals surface area (Å²) in [5.74, 6) is -0.639. The van der Waals surface area contributed by atoms with Crippen LogP contribution < -0.4 is 10.1 Å². The molecule has 3 rings (SSSR count). The first kappa shape index (κ1) is 20.3. The summed E-state index contributed by atoms with van der Waals surface area (Å²) in [4.78, 5) is 12.7. The number of amides is 1. The molecule has 1 amide bonds. The highest BCUT2D eigenvalue weighted by Gasteiger charge is 2.33. The molecule has 1 fully saturated rings. The molecule has 1 aliphatic rings. The van der Waals surface area contributed by atoms with Crippen LogP contribution in [0.4, 0.5) is 10.1 Å². The minimum atomic E-state index is -3.70. The van der Waals surface area contributed by atoms with Crippen LogP contribution in [0, 0.1) is 11.7 Å². The molecule has 28 heavy (non-hydrogen) atoms. The maximum Gasteiger partial charge on any atom is 0.243 e. The Kier molecular flexibility index (Phi) is 6.31. The number of rotatable bonds is 6. The molecule has 0 aromatic heterocycles. The highest BCUT2D eigenvalue weighted by Crippen LogP contribution is 2.26. The third kappa shape index (κ3) is 4.69. The fourth-order valence-electron chi connectivity index (χ4n) is 3.21. The van der Waals surface area contributed by atoms with Gasteiger partial charge in [-0.05, 0) is 62.2 Å². The number of hydrogen-bond donors (Lipinski definition) is 1. The van der Waals surface area contributed by atoms with Crippen molar-refractivity contribution in [3.63, 3.8) is 0 Å². The van der Waals surface area contributed by atoms with Gasteiger partial charge in [0.2, 0.25) is 15.9 Å². The van der Waals surface area contributed by atoms with Gasteiger partial charge < -0.3 is 10.1 Å². The number of carbonyl (C=O) groups is 1. The van der Waals surface area contributed by atoms with Gasteiger partial charge >= 0.3 is 0 Å². The Hall–Kier alpha value is -2.45. The van der Waals surface area contributed by atoms with Crippen molar-refractivity contribution in [1.29, 1.82) is 0 Å². The highest BCUT2D eigenvalue weighted by molar-refractivity contribution is 7.89. The topological polar surface area (TPSA) is 75.7 Å². The van der Waals surface area contributed by atoms with Crippen molar-refractivity contribution < 1.29 is 22.3 Å². The monoisotopic (exact) mass is 406 g/mol. The van der Waals surface area contributed by atoms with Crippen molar-refractivity contribution in [2.24, 2.45) is 5.92 Å². The summed E-state index contributed by atoms with van der Waals surface area (Å²) in [6.07, 6.45) is 1.16. The molecule has 150 valence electrons. The van der Waals surface area contributed by atoms with Crippen LogP contribution in [-0.4, -0.2) is 38.3 Å². The maximum absolute atomic E-state index is 13.3. The van der Waals surface area contributed by atoms with E-state index in [9.17, 15) is 17.6 Å². The number of anilines is 1. The van der Waals surface area contributed by atoms with Gasteiger partial charge in [0.15, 0.2) is 0 Å². The predicted octanol–water partition coefficient (Wildman–Crippen LogP) is 3.26. The van der Waals surface area contributed by atoms with Crippen LogP contribution in [0.5, 0.6) is 5.75 Å². The van der Waals surface area contributed by atoms with Gasteiger partial charge in [-0.15, -0.1) is 0 Å². The average molecular weight is 406 g/mol. The number of nitrogens with zero attached hydrogens (tertiary/aromatic N) is 1. The Morgan fingerprint density at radius 2 is 2.00 bits per heavy atom. The first-order chi connectivity index (χ1) is 13.4. The molecule has 0 spiro atoms. The van der Waals surface area contributed by atoms with Gasteiger partial charge in [-0.2, -0.15) is 4.31 Å². The molecule has 6 nitrogen and oxygen atoms in total. The number of ether oxygens (including phenoxy) is 1. The van der Waals surface area contributed by atoms with Gasteiger partial charge in [0, 0.05) is 18.8 Å². The van der Waals surface area contributed by atoms with Crippen molar-refractivity contribution in [2.75, 3.05) is 25.0 Å². The molecular weight excluding hydrogens is 383 g/mol. The summed E-state index contributed by atoms with van der Waals surface area (Å²) in [7, 11) is -3.70. The Labute approximate surface area is 164 Å². The van der Waals surface area contributed by atoms with Crippen molar-refractivity contribution in [2.45, 2.75) is 24.7 Å². The van der Waals surface area contributed by atoms with Crippen LogP contribution >= 0.6 is 0 Å². The Morgan fingerprint density at radius 1 is 1.25 bits per heavy atom. The molecule has 2 aromatic carbocycles. The van der Waals surface area contributed by atoms with Crippen LogP contribution in [0.1, 0.15) is 19.8 Å². The number of halogens is 1. The van der Waals surface area contributed by atoms with E-state index >= 15 is 0 Å². The number of hydrogen-bond acceptors (Lipinski definition) is 4. The summed E-state index contributed by atoms with van der Waals surface area (Å²) in [5.41, 5.74) is 0.358. The lowest BCUT2D eigenvalue weighted by Crippen LogP contribution is -2.43. The molecule has 1 heterocycles. The smallest absolute Gasteiger partial charge is 0.243 e. The van der Waals surface area contributed by atoms with Gasteiger partial charge in [-0.1, -0.05) is 6.07 Å². The zero-order valence-electron chi connectivity index (χ0n) is 15.6. The lowest BCUT2D eigenvalue weighted by molar-refractivity contribution is -0.120. The highest BCUT2D eigenvalue weighted by atomic mass is 32.2. The molecule has 0 radical (unpaired) electrons. The normalized spacial score (nSPS) is 17.9. The first-order valence-corrected chi connectivity index (χ1v) is 10.6. The molecule has 8 heteroatoms. The summed E-state index contributed by atoms with van der Waals surface area (Å²) < 4.78 is 45.8. The van der Waals surface area contributed by atoms with Gasteiger partial charge in [0.1, 0.15) is 11.6 Å². The third-order valence-electron chi connectivity index (χ3n) is 4.62. The standard InChI is InChI=1S/C20H23FN2O4S/c1-2-27-18-8-10-19(11-9-18)28(25,26)23-12-4-5-15(14-23)20(24)22-17-7-3-6-16(21)13-17/h3,6-11,13,15H,2,4-5,12,14H2,1H3,(H,22,24)/t15-/m0/s1. The van der Waals surface area contributed by atoms with Crippen molar-refractivity contribution in [1.82, 2.24) is 4.31 Å². The molecule has 0 unspecified atom stereocenters. The minimum Gasteiger partial charge on any atom is -0.494 e. The zero-order valence-corrected chi connectivity index (χ0v) is 16.4.